The van der Waals surface area contributed by atoms with Crippen LogP contribution in [-0.2, 0) is 27.7 Å². The third-order valence-electron chi connectivity index (χ3n) is 4.16. The van der Waals surface area contributed by atoms with Crippen LogP contribution in [0.5, 0.6) is 0 Å². The van der Waals surface area contributed by atoms with Gasteiger partial charge in [0.25, 0.3) is 0 Å². The number of β-amino-alcohol motifs (C(OH)–C–C–N with tert-alkyl or cyclic N) is 2. The van der Waals surface area contributed by atoms with Gasteiger partial charge < -0.3 is 29.5 Å². The highest BCUT2D eigenvalue weighted by Crippen LogP contribution is 2.53. The summed E-state index contributed by atoms with van der Waals surface area (Å²) in [5.74, 6) is 0. The molecule has 2 saturated heterocycles. The Kier molecular flexibility index (Phi) is 9.34. The predicted octanol–water partition coefficient (Wildman–Crippen LogP) is -0.766. The van der Waals surface area contributed by atoms with Gasteiger partial charge in [-0.2, -0.15) is 0 Å². The number of rotatable bonds is 9. The third-order valence-corrected chi connectivity index (χ3v) is 7.72. The summed E-state index contributed by atoms with van der Waals surface area (Å²) in [6.45, 7) is 0.906. The molecule has 0 aliphatic carbocycles. The SMILES string of the molecule is CN(C)[P+](=O)OC[C@@H]1CN(P(=O)(OC[C@@H]2CNC[C@H](O)O2)N(C)C)C[C@H](O)O1. The number of nitrogens with one attached hydrogen (secondary N) is 1. The molecule has 164 valence electrons. The minimum absolute atomic E-state index is 0.000622. The zero-order valence-corrected chi connectivity index (χ0v) is 18.4. The van der Waals surface area contributed by atoms with Crippen molar-refractivity contribution < 1.29 is 37.9 Å². The van der Waals surface area contributed by atoms with Crippen molar-refractivity contribution in [3.8, 4) is 0 Å². The lowest BCUT2D eigenvalue weighted by atomic mass is 10.3. The second kappa shape index (κ2) is 10.8. The molecule has 0 saturated carbocycles. The van der Waals surface area contributed by atoms with Crippen LogP contribution in [0.4, 0.5) is 0 Å². The summed E-state index contributed by atoms with van der Waals surface area (Å²) in [6.07, 6.45) is -3.21. The number of aliphatic hydroxyl groups is 2. The second-order valence-corrected chi connectivity index (χ2v) is 11.1. The van der Waals surface area contributed by atoms with Crippen LogP contribution in [0.25, 0.3) is 0 Å². The maximum Gasteiger partial charge on any atom is 0.615 e. The van der Waals surface area contributed by atoms with Crippen molar-refractivity contribution >= 4 is 15.8 Å². The molecular weight excluding hydrogens is 414 g/mol. The Bertz CT molecular complexity index is 569. The van der Waals surface area contributed by atoms with Gasteiger partial charge in [-0.1, -0.05) is 4.67 Å². The molecule has 0 spiro atoms. The van der Waals surface area contributed by atoms with E-state index in [1.807, 2.05) is 0 Å². The van der Waals surface area contributed by atoms with Crippen molar-refractivity contribution in [3.63, 3.8) is 0 Å². The van der Waals surface area contributed by atoms with Crippen LogP contribution in [0.2, 0.25) is 0 Å². The van der Waals surface area contributed by atoms with E-state index in [-0.39, 0.29) is 26.3 Å². The van der Waals surface area contributed by atoms with Crippen molar-refractivity contribution in [2.45, 2.75) is 24.8 Å². The molecular formula is C14H31N4O8P2+. The van der Waals surface area contributed by atoms with Crippen LogP contribution in [0.15, 0.2) is 0 Å². The summed E-state index contributed by atoms with van der Waals surface area (Å²) in [5, 5.41) is 22.6. The highest BCUT2D eigenvalue weighted by Gasteiger charge is 2.42. The summed E-state index contributed by atoms with van der Waals surface area (Å²) < 4.78 is 51.4. The van der Waals surface area contributed by atoms with Gasteiger partial charge in [-0.25, -0.2) is 9.34 Å². The third kappa shape index (κ3) is 6.73. The first-order valence-corrected chi connectivity index (χ1v) is 11.6. The first-order valence-electron chi connectivity index (χ1n) is 8.94. The molecule has 0 aromatic rings. The van der Waals surface area contributed by atoms with Crippen LogP contribution in [0.3, 0.4) is 0 Å². The number of nitrogens with zero attached hydrogens (tertiary/aromatic N) is 3. The van der Waals surface area contributed by atoms with Crippen molar-refractivity contribution in [2.75, 3.05) is 67.6 Å². The van der Waals surface area contributed by atoms with E-state index in [1.165, 1.54) is 14.0 Å². The molecule has 0 radical (unpaired) electrons. The van der Waals surface area contributed by atoms with Gasteiger partial charge in [0.05, 0.1) is 19.3 Å². The number of ether oxygens (including phenoxy) is 2. The van der Waals surface area contributed by atoms with E-state index in [0.717, 1.165) is 0 Å². The summed E-state index contributed by atoms with van der Waals surface area (Å²) in [7, 11) is 0.970. The average molecular weight is 445 g/mol. The van der Waals surface area contributed by atoms with Crippen LogP contribution in [0, 0.1) is 0 Å². The second-order valence-electron chi connectivity index (χ2n) is 6.97. The molecule has 2 unspecified atom stereocenters. The predicted molar refractivity (Wildman–Crippen MR) is 101 cm³/mol. The fraction of sp³-hybridized carbons (Fsp3) is 1.00. The first-order chi connectivity index (χ1) is 13.1. The maximum absolute atomic E-state index is 13.5. The largest absolute Gasteiger partial charge is 0.615 e. The Morgan fingerprint density at radius 3 is 2.39 bits per heavy atom. The Morgan fingerprint density at radius 1 is 1.11 bits per heavy atom. The molecule has 2 aliphatic heterocycles. The zero-order valence-electron chi connectivity index (χ0n) is 16.6. The lowest BCUT2D eigenvalue weighted by Gasteiger charge is -2.41. The van der Waals surface area contributed by atoms with Gasteiger partial charge in [-0.05, 0) is 18.7 Å². The van der Waals surface area contributed by atoms with E-state index < -0.39 is 40.6 Å². The van der Waals surface area contributed by atoms with E-state index in [4.69, 9.17) is 18.5 Å². The molecule has 3 N–H and O–H groups in total. The molecule has 2 rings (SSSR count). The average Bonchev–Trinajstić information content (AvgIpc) is 2.63. The van der Waals surface area contributed by atoms with E-state index in [2.05, 4.69) is 5.32 Å². The van der Waals surface area contributed by atoms with Crippen molar-refractivity contribution in [3.05, 3.63) is 0 Å². The maximum atomic E-state index is 13.5. The monoisotopic (exact) mass is 445 g/mol. The number of hydrogen-bond acceptors (Lipinski definition) is 9. The smallest absolute Gasteiger partial charge is 0.367 e. The quantitative estimate of drug-likeness (QED) is 0.385. The van der Waals surface area contributed by atoms with Gasteiger partial charge >= 0.3 is 15.8 Å². The Labute approximate surface area is 166 Å². The van der Waals surface area contributed by atoms with Crippen molar-refractivity contribution in [1.29, 1.82) is 0 Å². The first kappa shape index (κ1) is 24.2. The van der Waals surface area contributed by atoms with E-state index in [1.54, 1.807) is 28.2 Å². The van der Waals surface area contributed by atoms with Crippen molar-refractivity contribution in [2.24, 2.45) is 0 Å². The number of aliphatic hydroxyl groups excluding tert-OH is 2. The molecule has 14 heteroatoms. The van der Waals surface area contributed by atoms with Gasteiger partial charge in [0.1, 0.15) is 12.7 Å². The summed E-state index contributed by atoms with van der Waals surface area (Å²) in [5.41, 5.74) is 0. The highest BCUT2D eigenvalue weighted by molar-refractivity contribution is 7.53. The summed E-state index contributed by atoms with van der Waals surface area (Å²) in [6, 6.07) is 0. The normalized spacial score (nSPS) is 32.5. The standard InChI is InChI=1S/C14H31N4O8P2/c1-16(2)27(21)23-9-12-7-18(8-14(20)26-12)28(22,17(3)4)24-10-11-5-15-6-13(19)25-11/h11-15,19-20H,5-10H2,1-4H3/q+1/t11-,12-,13+,14+,28?/m0/s1. The van der Waals surface area contributed by atoms with Gasteiger partial charge in [0.2, 0.25) is 0 Å². The Balaban J connectivity index is 1.99. The van der Waals surface area contributed by atoms with Crippen LogP contribution < -0.4 is 5.32 Å². The van der Waals surface area contributed by atoms with Crippen LogP contribution in [0.1, 0.15) is 0 Å². The fourth-order valence-electron chi connectivity index (χ4n) is 2.77. The summed E-state index contributed by atoms with van der Waals surface area (Å²) in [4.78, 5) is 0. The molecule has 28 heavy (non-hydrogen) atoms. The minimum Gasteiger partial charge on any atom is -0.367 e. The van der Waals surface area contributed by atoms with Gasteiger partial charge in [-0.3, -0.25) is 4.57 Å². The van der Waals surface area contributed by atoms with E-state index >= 15 is 0 Å². The lowest BCUT2D eigenvalue weighted by Crippen LogP contribution is -2.50. The molecule has 0 aromatic carbocycles. The van der Waals surface area contributed by atoms with E-state index in [9.17, 15) is 19.3 Å². The van der Waals surface area contributed by atoms with Crippen molar-refractivity contribution in [1.82, 2.24) is 19.3 Å². The molecule has 2 aliphatic rings. The molecule has 0 aromatic heterocycles. The van der Waals surface area contributed by atoms with Gasteiger partial charge in [0, 0.05) is 33.7 Å². The van der Waals surface area contributed by atoms with Gasteiger partial charge in [0.15, 0.2) is 12.6 Å². The Morgan fingerprint density at radius 2 is 1.79 bits per heavy atom. The number of hydrogen-bond donors (Lipinski definition) is 3. The molecule has 0 bridgehead atoms. The van der Waals surface area contributed by atoms with Crippen LogP contribution >= 0.6 is 15.8 Å². The zero-order chi connectivity index (χ0) is 20.9. The Hall–Kier alpha value is -0.0700. The molecule has 12 nitrogen and oxygen atoms in total. The highest BCUT2D eigenvalue weighted by atomic mass is 31.2. The molecule has 2 heterocycles. The summed E-state index contributed by atoms with van der Waals surface area (Å²) >= 11 is 0. The fourth-order valence-corrected chi connectivity index (χ4v) is 5.29. The lowest BCUT2D eigenvalue weighted by molar-refractivity contribution is -0.180. The van der Waals surface area contributed by atoms with Gasteiger partial charge in [-0.15, -0.1) is 4.52 Å². The minimum atomic E-state index is -3.50. The molecule has 0 amide bonds. The molecule has 2 fully saturated rings. The van der Waals surface area contributed by atoms with E-state index in [0.29, 0.717) is 13.1 Å². The number of morpholine rings is 2. The molecule has 6 atom stereocenters. The van der Waals surface area contributed by atoms with Crippen LogP contribution in [-0.4, -0.2) is 117 Å². The topological polar surface area (TPSA) is 133 Å².